The van der Waals surface area contributed by atoms with E-state index in [-0.39, 0.29) is 17.2 Å². The van der Waals surface area contributed by atoms with Gasteiger partial charge < -0.3 is 9.47 Å². The van der Waals surface area contributed by atoms with Gasteiger partial charge in [0.05, 0.1) is 17.6 Å². The number of thioether (sulfide) groups is 1. The summed E-state index contributed by atoms with van der Waals surface area (Å²) in [6.45, 7) is 2.10. The van der Waals surface area contributed by atoms with Gasteiger partial charge in [0, 0.05) is 16.7 Å². The summed E-state index contributed by atoms with van der Waals surface area (Å²) in [5.74, 6) is 0.0229. The van der Waals surface area contributed by atoms with Crippen LogP contribution in [0, 0.1) is 12.7 Å². The lowest BCUT2D eigenvalue weighted by atomic mass is 10.1. The summed E-state index contributed by atoms with van der Waals surface area (Å²) in [6.07, 6.45) is 0. The minimum absolute atomic E-state index is 0.0546. The first-order valence-corrected chi connectivity index (χ1v) is 11.6. The average molecular weight is 482 g/mol. The van der Waals surface area contributed by atoms with E-state index in [9.17, 15) is 9.18 Å². The number of benzene rings is 3. The predicted molar refractivity (Wildman–Crippen MR) is 130 cm³/mol. The van der Waals surface area contributed by atoms with Gasteiger partial charge in [-0.1, -0.05) is 54.1 Å². The smallest absolute Gasteiger partial charge is 0.344 e. The van der Waals surface area contributed by atoms with E-state index in [4.69, 9.17) is 26.1 Å². The van der Waals surface area contributed by atoms with Crippen LogP contribution in [-0.4, -0.2) is 18.1 Å². The van der Waals surface area contributed by atoms with E-state index in [1.165, 1.54) is 31.0 Å². The molecular formula is C26H21ClFNO3S. The molecule has 1 aromatic heterocycles. The van der Waals surface area contributed by atoms with Crippen molar-refractivity contribution >= 4 is 40.2 Å². The highest BCUT2D eigenvalue weighted by Crippen LogP contribution is 2.38. The van der Waals surface area contributed by atoms with E-state index in [1.807, 2.05) is 49.4 Å². The van der Waals surface area contributed by atoms with Crippen molar-refractivity contribution in [1.82, 2.24) is 4.98 Å². The molecule has 0 unspecified atom stereocenters. The lowest BCUT2D eigenvalue weighted by molar-refractivity contribution is 0.0590. The summed E-state index contributed by atoms with van der Waals surface area (Å²) in [5, 5.41) is 1.45. The quantitative estimate of drug-likeness (QED) is 0.210. The van der Waals surface area contributed by atoms with E-state index in [0.717, 1.165) is 11.1 Å². The number of ether oxygens (including phenoxy) is 2. The van der Waals surface area contributed by atoms with Crippen molar-refractivity contribution in [3.63, 3.8) is 0 Å². The lowest BCUT2D eigenvalue weighted by Crippen LogP contribution is -2.10. The number of rotatable bonds is 7. The second-order valence-corrected chi connectivity index (χ2v) is 8.74. The van der Waals surface area contributed by atoms with Crippen molar-refractivity contribution in [2.24, 2.45) is 0 Å². The van der Waals surface area contributed by atoms with Crippen LogP contribution in [0.5, 0.6) is 5.75 Å². The van der Waals surface area contributed by atoms with Crippen LogP contribution in [-0.2, 0) is 17.1 Å². The summed E-state index contributed by atoms with van der Waals surface area (Å²) in [6, 6.07) is 19.6. The maximum Gasteiger partial charge on any atom is 0.344 e. The summed E-state index contributed by atoms with van der Waals surface area (Å²) in [7, 11) is 1.33. The monoisotopic (exact) mass is 481 g/mol. The van der Waals surface area contributed by atoms with Crippen LogP contribution in [0.4, 0.5) is 4.39 Å². The van der Waals surface area contributed by atoms with Gasteiger partial charge in [0.15, 0.2) is 0 Å². The number of esters is 1. The van der Waals surface area contributed by atoms with Crippen LogP contribution >= 0.6 is 23.4 Å². The van der Waals surface area contributed by atoms with Crippen molar-refractivity contribution in [1.29, 1.82) is 0 Å². The Balaban J connectivity index is 1.77. The highest BCUT2D eigenvalue weighted by Gasteiger charge is 2.24. The molecule has 0 saturated carbocycles. The fourth-order valence-corrected chi connectivity index (χ4v) is 4.72. The third-order valence-corrected chi connectivity index (χ3v) is 6.59. The molecule has 0 radical (unpaired) electrons. The SMILES string of the molecule is COC(=O)c1c(SCc2ccccc2C)nc2ccccc2c1OCc1ccc(F)cc1Cl. The number of para-hydroxylation sites is 1. The Bertz CT molecular complexity index is 1330. The van der Waals surface area contributed by atoms with E-state index in [2.05, 4.69) is 6.07 Å². The molecule has 0 aliphatic rings. The van der Waals surface area contributed by atoms with Crippen LogP contribution in [0.15, 0.2) is 71.8 Å². The van der Waals surface area contributed by atoms with E-state index >= 15 is 0 Å². The summed E-state index contributed by atoms with van der Waals surface area (Å²) in [5.41, 5.74) is 3.86. The summed E-state index contributed by atoms with van der Waals surface area (Å²) >= 11 is 7.63. The topological polar surface area (TPSA) is 48.4 Å². The Hall–Kier alpha value is -3.09. The Morgan fingerprint density at radius 1 is 1.06 bits per heavy atom. The second-order valence-electron chi connectivity index (χ2n) is 7.37. The number of carbonyl (C=O) groups is 1. The third kappa shape index (κ3) is 5.13. The Morgan fingerprint density at radius 3 is 2.58 bits per heavy atom. The van der Waals surface area contributed by atoms with Crippen molar-refractivity contribution in [2.45, 2.75) is 24.3 Å². The number of carbonyl (C=O) groups excluding carboxylic acids is 1. The maximum absolute atomic E-state index is 13.4. The molecule has 0 N–H and O–H groups in total. The zero-order valence-corrected chi connectivity index (χ0v) is 19.7. The minimum atomic E-state index is -0.541. The Kier molecular flexibility index (Phi) is 7.16. The van der Waals surface area contributed by atoms with Crippen LogP contribution in [0.3, 0.4) is 0 Å². The van der Waals surface area contributed by atoms with E-state index in [0.29, 0.717) is 33.0 Å². The Morgan fingerprint density at radius 2 is 1.82 bits per heavy atom. The molecule has 0 amide bonds. The largest absolute Gasteiger partial charge is 0.487 e. The van der Waals surface area contributed by atoms with Gasteiger partial charge in [-0.05, 0) is 42.3 Å². The standard InChI is InChI=1S/C26H21ClFNO3S/c1-16-7-3-4-8-18(16)15-33-25-23(26(30)31-2)24(20-9-5-6-10-22(20)29-25)32-14-17-11-12-19(28)13-21(17)27/h3-13H,14-15H2,1-2H3. The number of halogens is 2. The van der Waals surface area contributed by atoms with Gasteiger partial charge in [0.1, 0.15) is 28.8 Å². The number of hydrogen-bond acceptors (Lipinski definition) is 5. The van der Waals surface area contributed by atoms with Gasteiger partial charge in [-0.2, -0.15) is 0 Å². The number of hydrogen-bond donors (Lipinski definition) is 0. The molecule has 0 aliphatic carbocycles. The highest BCUT2D eigenvalue weighted by atomic mass is 35.5. The molecule has 0 spiro atoms. The van der Waals surface area contributed by atoms with Crippen molar-refractivity contribution in [2.75, 3.05) is 7.11 Å². The van der Waals surface area contributed by atoms with Crippen molar-refractivity contribution < 1.29 is 18.7 Å². The molecule has 4 aromatic rings. The number of fused-ring (bicyclic) bond motifs is 1. The molecule has 4 rings (SSSR count). The summed E-state index contributed by atoms with van der Waals surface area (Å²) in [4.78, 5) is 17.6. The first kappa shape index (κ1) is 23.1. The molecular weight excluding hydrogens is 461 g/mol. The first-order valence-electron chi connectivity index (χ1n) is 10.2. The molecule has 7 heteroatoms. The molecule has 33 heavy (non-hydrogen) atoms. The van der Waals surface area contributed by atoms with Gasteiger partial charge in [0.25, 0.3) is 0 Å². The molecule has 1 heterocycles. The molecule has 0 bridgehead atoms. The van der Waals surface area contributed by atoms with Crippen LogP contribution < -0.4 is 4.74 Å². The number of pyridine rings is 1. The molecule has 4 nitrogen and oxygen atoms in total. The second kappa shape index (κ2) is 10.2. The maximum atomic E-state index is 13.4. The van der Waals surface area contributed by atoms with Crippen LogP contribution in [0.1, 0.15) is 27.0 Å². The van der Waals surface area contributed by atoms with Gasteiger partial charge in [0.2, 0.25) is 0 Å². The normalized spacial score (nSPS) is 10.9. The molecule has 3 aromatic carbocycles. The number of aromatic nitrogens is 1. The molecule has 0 atom stereocenters. The average Bonchev–Trinajstić information content (AvgIpc) is 2.82. The van der Waals surface area contributed by atoms with Gasteiger partial charge in [-0.15, -0.1) is 11.8 Å². The molecule has 168 valence electrons. The lowest BCUT2D eigenvalue weighted by Gasteiger charge is -2.17. The van der Waals surface area contributed by atoms with Crippen molar-refractivity contribution in [3.8, 4) is 5.75 Å². The molecule has 0 aliphatic heterocycles. The third-order valence-electron chi connectivity index (χ3n) is 5.21. The number of aryl methyl sites for hydroxylation is 1. The van der Waals surface area contributed by atoms with Crippen LogP contribution in [0.25, 0.3) is 10.9 Å². The fourth-order valence-electron chi connectivity index (χ4n) is 3.40. The number of methoxy groups -OCH3 is 1. The van der Waals surface area contributed by atoms with Crippen LogP contribution in [0.2, 0.25) is 5.02 Å². The Labute approximate surface area is 200 Å². The van der Waals surface area contributed by atoms with Gasteiger partial charge in [-0.3, -0.25) is 0 Å². The first-order chi connectivity index (χ1) is 16.0. The van der Waals surface area contributed by atoms with E-state index < -0.39 is 11.8 Å². The molecule has 0 fully saturated rings. The predicted octanol–water partition coefficient (Wildman–Crippen LogP) is 6.99. The van der Waals surface area contributed by atoms with Crippen molar-refractivity contribution in [3.05, 3.63) is 99.8 Å². The van der Waals surface area contributed by atoms with Gasteiger partial charge in [-0.25, -0.2) is 14.2 Å². The summed E-state index contributed by atoms with van der Waals surface area (Å²) < 4.78 is 24.7. The number of nitrogens with zero attached hydrogens (tertiary/aromatic N) is 1. The zero-order valence-electron chi connectivity index (χ0n) is 18.1. The highest BCUT2D eigenvalue weighted by molar-refractivity contribution is 7.98. The minimum Gasteiger partial charge on any atom is -0.487 e. The van der Waals surface area contributed by atoms with Gasteiger partial charge >= 0.3 is 5.97 Å². The zero-order chi connectivity index (χ0) is 23.4. The fraction of sp³-hybridized carbons (Fsp3) is 0.154. The van der Waals surface area contributed by atoms with E-state index in [1.54, 1.807) is 6.07 Å². The molecule has 0 saturated heterocycles.